The molecule has 0 spiro atoms. The number of nitrogens with one attached hydrogen (secondary N) is 1. The first kappa shape index (κ1) is 15.3. The Morgan fingerprint density at radius 3 is 2.57 bits per heavy atom. The third-order valence-corrected chi connectivity index (χ3v) is 4.03. The first-order valence-corrected chi connectivity index (χ1v) is 7.91. The summed E-state index contributed by atoms with van der Waals surface area (Å²) in [4.78, 5) is 25.8. The molecule has 0 aliphatic carbocycles. The van der Waals surface area contributed by atoms with Crippen molar-refractivity contribution in [1.82, 2.24) is 10.2 Å². The maximum Gasteiger partial charge on any atom is 0.251 e. The normalized spacial score (nSPS) is 14.1. The lowest BCUT2D eigenvalue weighted by atomic mass is 10.1. The molecule has 4 heteroatoms. The molecule has 0 aromatic heterocycles. The lowest BCUT2D eigenvalue weighted by molar-refractivity contribution is -0.128. The third-order valence-electron chi connectivity index (χ3n) is 4.03. The molecule has 1 aliphatic rings. The number of amides is 2. The van der Waals surface area contributed by atoms with Gasteiger partial charge in [-0.1, -0.05) is 42.5 Å². The van der Waals surface area contributed by atoms with Crippen molar-refractivity contribution in [2.24, 2.45) is 0 Å². The van der Waals surface area contributed by atoms with Gasteiger partial charge in [-0.25, -0.2) is 0 Å². The lowest BCUT2D eigenvalue weighted by Gasteiger charge is -2.16. The van der Waals surface area contributed by atoms with Gasteiger partial charge in [0, 0.05) is 31.6 Å². The largest absolute Gasteiger partial charge is 0.348 e. The van der Waals surface area contributed by atoms with Crippen molar-refractivity contribution in [2.45, 2.75) is 25.9 Å². The van der Waals surface area contributed by atoms with Gasteiger partial charge in [-0.05, 0) is 29.7 Å². The quantitative estimate of drug-likeness (QED) is 0.923. The molecular weight excluding hydrogens is 288 g/mol. The van der Waals surface area contributed by atoms with Crippen LogP contribution in [0.3, 0.4) is 0 Å². The fourth-order valence-electron chi connectivity index (χ4n) is 2.78. The van der Waals surface area contributed by atoms with Crippen molar-refractivity contribution in [3.8, 4) is 0 Å². The average molecular weight is 308 g/mol. The fourth-order valence-corrected chi connectivity index (χ4v) is 2.78. The van der Waals surface area contributed by atoms with Crippen molar-refractivity contribution >= 4 is 11.8 Å². The Bertz CT molecular complexity index is 698. The smallest absolute Gasteiger partial charge is 0.251 e. The highest BCUT2D eigenvalue weighted by atomic mass is 16.2. The van der Waals surface area contributed by atoms with Gasteiger partial charge in [-0.3, -0.25) is 9.59 Å². The number of likely N-dealkylation sites (tertiary alicyclic amines) is 1. The van der Waals surface area contributed by atoms with Crippen molar-refractivity contribution < 1.29 is 9.59 Å². The molecule has 1 saturated heterocycles. The summed E-state index contributed by atoms with van der Waals surface area (Å²) in [5.74, 6) is 0.104. The van der Waals surface area contributed by atoms with E-state index in [0.29, 0.717) is 25.1 Å². The Morgan fingerprint density at radius 2 is 1.83 bits per heavy atom. The van der Waals surface area contributed by atoms with Gasteiger partial charge >= 0.3 is 0 Å². The van der Waals surface area contributed by atoms with Crippen molar-refractivity contribution in [2.75, 3.05) is 6.54 Å². The molecular formula is C19H20N2O2. The second-order valence-electron chi connectivity index (χ2n) is 5.79. The summed E-state index contributed by atoms with van der Waals surface area (Å²) < 4.78 is 0. The van der Waals surface area contributed by atoms with Crippen LogP contribution in [0.4, 0.5) is 0 Å². The minimum atomic E-state index is -0.0940. The average Bonchev–Trinajstić information content (AvgIpc) is 2.99. The second kappa shape index (κ2) is 7.09. The van der Waals surface area contributed by atoms with Crippen molar-refractivity contribution in [1.29, 1.82) is 0 Å². The summed E-state index contributed by atoms with van der Waals surface area (Å²) >= 11 is 0. The molecule has 0 saturated carbocycles. The molecule has 0 atom stereocenters. The van der Waals surface area contributed by atoms with Crippen LogP contribution in [-0.4, -0.2) is 23.3 Å². The van der Waals surface area contributed by atoms with Crippen LogP contribution >= 0.6 is 0 Å². The number of benzene rings is 2. The molecule has 0 radical (unpaired) electrons. The minimum Gasteiger partial charge on any atom is -0.348 e. The second-order valence-corrected chi connectivity index (χ2v) is 5.79. The minimum absolute atomic E-state index is 0.0940. The molecule has 0 unspecified atom stereocenters. The predicted molar refractivity (Wildman–Crippen MR) is 88.7 cm³/mol. The van der Waals surface area contributed by atoms with Crippen LogP contribution in [0.1, 0.15) is 34.3 Å². The van der Waals surface area contributed by atoms with Gasteiger partial charge < -0.3 is 10.2 Å². The first-order chi connectivity index (χ1) is 11.2. The standard InChI is InChI=1S/C19H20N2O2/c22-18-10-5-11-21(18)14-16-8-4-9-17(12-16)19(23)20-13-15-6-2-1-3-7-15/h1-4,6-9,12H,5,10-11,13-14H2,(H,20,23). The first-order valence-electron chi connectivity index (χ1n) is 7.91. The lowest BCUT2D eigenvalue weighted by Crippen LogP contribution is -2.25. The Kier molecular flexibility index (Phi) is 4.71. The zero-order valence-corrected chi connectivity index (χ0v) is 13.0. The van der Waals surface area contributed by atoms with Crippen LogP contribution in [0.25, 0.3) is 0 Å². The molecule has 2 amide bonds. The molecule has 1 aliphatic heterocycles. The number of rotatable bonds is 5. The van der Waals surface area contributed by atoms with E-state index in [1.165, 1.54) is 0 Å². The van der Waals surface area contributed by atoms with E-state index >= 15 is 0 Å². The van der Waals surface area contributed by atoms with Gasteiger partial charge in [0.05, 0.1) is 0 Å². The summed E-state index contributed by atoms with van der Waals surface area (Å²) in [7, 11) is 0. The van der Waals surface area contributed by atoms with E-state index < -0.39 is 0 Å². The Balaban J connectivity index is 1.62. The van der Waals surface area contributed by atoms with E-state index in [4.69, 9.17) is 0 Å². The number of nitrogens with zero attached hydrogens (tertiary/aromatic N) is 1. The summed E-state index contributed by atoms with van der Waals surface area (Å²) in [6.07, 6.45) is 1.56. The zero-order valence-electron chi connectivity index (χ0n) is 13.0. The van der Waals surface area contributed by atoms with E-state index in [-0.39, 0.29) is 11.8 Å². The van der Waals surface area contributed by atoms with Crippen LogP contribution in [0.15, 0.2) is 54.6 Å². The molecule has 4 nitrogen and oxygen atoms in total. The molecule has 2 aromatic carbocycles. The Labute approximate surface area is 136 Å². The van der Waals surface area contributed by atoms with Crippen LogP contribution in [-0.2, 0) is 17.9 Å². The summed E-state index contributed by atoms with van der Waals surface area (Å²) in [5, 5.41) is 2.93. The monoisotopic (exact) mass is 308 g/mol. The van der Waals surface area contributed by atoms with Gasteiger partial charge in [0.15, 0.2) is 0 Å². The number of hydrogen-bond donors (Lipinski definition) is 1. The highest BCUT2D eigenvalue weighted by Crippen LogP contribution is 2.15. The van der Waals surface area contributed by atoms with Gasteiger partial charge in [-0.2, -0.15) is 0 Å². The zero-order chi connectivity index (χ0) is 16.1. The molecule has 1 heterocycles. The molecule has 118 valence electrons. The molecule has 0 bridgehead atoms. The number of carbonyl (C=O) groups is 2. The van der Waals surface area contributed by atoms with E-state index in [9.17, 15) is 9.59 Å². The van der Waals surface area contributed by atoms with Crippen molar-refractivity contribution in [3.63, 3.8) is 0 Å². The number of carbonyl (C=O) groups excluding carboxylic acids is 2. The van der Waals surface area contributed by atoms with E-state index in [1.54, 1.807) is 6.07 Å². The van der Waals surface area contributed by atoms with E-state index in [1.807, 2.05) is 53.4 Å². The summed E-state index contributed by atoms with van der Waals surface area (Å²) in [6.45, 7) is 1.90. The van der Waals surface area contributed by atoms with Crippen LogP contribution in [0.5, 0.6) is 0 Å². The summed E-state index contributed by atoms with van der Waals surface area (Å²) in [6, 6.07) is 17.3. The van der Waals surface area contributed by atoms with Gasteiger partial charge in [-0.15, -0.1) is 0 Å². The molecule has 1 N–H and O–H groups in total. The SMILES string of the molecule is O=C(NCc1ccccc1)c1cccc(CN2CCCC2=O)c1. The number of hydrogen-bond acceptors (Lipinski definition) is 2. The van der Waals surface area contributed by atoms with E-state index in [0.717, 1.165) is 24.1 Å². The highest BCUT2D eigenvalue weighted by Gasteiger charge is 2.20. The van der Waals surface area contributed by atoms with Crippen LogP contribution < -0.4 is 5.32 Å². The van der Waals surface area contributed by atoms with Crippen molar-refractivity contribution in [3.05, 3.63) is 71.3 Å². The maximum absolute atomic E-state index is 12.3. The van der Waals surface area contributed by atoms with Gasteiger partial charge in [0.1, 0.15) is 0 Å². The molecule has 1 fully saturated rings. The van der Waals surface area contributed by atoms with Gasteiger partial charge in [0.2, 0.25) is 5.91 Å². The topological polar surface area (TPSA) is 49.4 Å². The molecule has 3 rings (SSSR count). The van der Waals surface area contributed by atoms with Gasteiger partial charge in [0.25, 0.3) is 5.91 Å². The van der Waals surface area contributed by atoms with Crippen LogP contribution in [0, 0.1) is 0 Å². The predicted octanol–water partition coefficient (Wildman–Crippen LogP) is 2.74. The Morgan fingerprint density at radius 1 is 1.04 bits per heavy atom. The maximum atomic E-state index is 12.3. The molecule has 2 aromatic rings. The highest BCUT2D eigenvalue weighted by molar-refractivity contribution is 5.94. The summed E-state index contributed by atoms with van der Waals surface area (Å²) in [5.41, 5.74) is 2.69. The van der Waals surface area contributed by atoms with Crippen LogP contribution in [0.2, 0.25) is 0 Å². The Hall–Kier alpha value is -2.62. The third kappa shape index (κ3) is 3.97. The molecule has 23 heavy (non-hydrogen) atoms. The van der Waals surface area contributed by atoms with E-state index in [2.05, 4.69) is 5.32 Å². The fraction of sp³-hybridized carbons (Fsp3) is 0.263.